The Bertz CT molecular complexity index is 900. The summed E-state index contributed by atoms with van der Waals surface area (Å²) in [6, 6.07) is 15.0. The SMILES string of the molecule is COC(=O)CCCc1nc2ccccc2nc1NNc1ccc(Cl)cc1. The van der Waals surface area contributed by atoms with Crippen molar-refractivity contribution in [1.82, 2.24) is 9.97 Å². The first-order valence-corrected chi connectivity index (χ1v) is 8.63. The molecular formula is C19H19ClN4O2. The van der Waals surface area contributed by atoms with E-state index < -0.39 is 0 Å². The predicted octanol–water partition coefficient (Wildman–Crippen LogP) is 4.22. The molecule has 134 valence electrons. The van der Waals surface area contributed by atoms with Crippen LogP contribution >= 0.6 is 11.6 Å². The van der Waals surface area contributed by atoms with Crippen molar-refractivity contribution in [3.8, 4) is 0 Å². The Labute approximate surface area is 156 Å². The fraction of sp³-hybridized carbons (Fsp3) is 0.211. The number of carbonyl (C=O) groups excluding carboxylic acids is 1. The molecule has 0 spiro atoms. The number of hydrogen-bond donors (Lipinski definition) is 2. The second-order valence-corrected chi connectivity index (χ2v) is 6.13. The maximum atomic E-state index is 11.3. The van der Waals surface area contributed by atoms with Crippen LogP contribution in [0.1, 0.15) is 18.5 Å². The van der Waals surface area contributed by atoms with Crippen molar-refractivity contribution < 1.29 is 9.53 Å². The molecule has 1 aromatic heterocycles. The largest absolute Gasteiger partial charge is 0.469 e. The Hall–Kier alpha value is -2.86. The monoisotopic (exact) mass is 370 g/mol. The first-order chi connectivity index (χ1) is 12.7. The maximum absolute atomic E-state index is 11.3. The smallest absolute Gasteiger partial charge is 0.305 e. The summed E-state index contributed by atoms with van der Waals surface area (Å²) in [6.45, 7) is 0. The Kier molecular flexibility index (Phi) is 5.86. The summed E-state index contributed by atoms with van der Waals surface area (Å²) in [5.74, 6) is 0.399. The molecule has 0 radical (unpaired) electrons. The normalized spacial score (nSPS) is 10.5. The van der Waals surface area contributed by atoms with Gasteiger partial charge in [0.25, 0.3) is 0 Å². The molecule has 0 bridgehead atoms. The van der Waals surface area contributed by atoms with Crippen LogP contribution in [0, 0.1) is 0 Å². The van der Waals surface area contributed by atoms with E-state index in [1.165, 1.54) is 7.11 Å². The number of esters is 1. The molecule has 7 heteroatoms. The number of para-hydroxylation sites is 2. The molecule has 0 saturated heterocycles. The minimum atomic E-state index is -0.229. The van der Waals surface area contributed by atoms with Crippen LogP contribution in [0.3, 0.4) is 0 Å². The van der Waals surface area contributed by atoms with Crippen LogP contribution in [0.15, 0.2) is 48.5 Å². The number of aryl methyl sites for hydroxylation is 1. The third-order valence-corrected chi connectivity index (χ3v) is 4.09. The zero-order valence-corrected chi connectivity index (χ0v) is 15.1. The molecule has 1 heterocycles. The lowest BCUT2D eigenvalue weighted by atomic mass is 10.1. The number of nitrogens with one attached hydrogen (secondary N) is 2. The highest BCUT2D eigenvalue weighted by Crippen LogP contribution is 2.20. The Balaban J connectivity index is 1.79. The van der Waals surface area contributed by atoms with E-state index in [2.05, 4.69) is 25.6 Å². The van der Waals surface area contributed by atoms with Gasteiger partial charge >= 0.3 is 5.97 Å². The number of anilines is 2. The molecule has 3 rings (SSSR count). The Morgan fingerprint density at radius 3 is 2.42 bits per heavy atom. The lowest BCUT2D eigenvalue weighted by molar-refractivity contribution is -0.140. The van der Waals surface area contributed by atoms with Crippen LogP contribution in [-0.2, 0) is 16.0 Å². The number of aromatic nitrogens is 2. The van der Waals surface area contributed by atoms with Crippen molar-refractivity contribution in [2.24, 2.45) is 0 Å². The predicted molar refractivity (Wildman–Crippen MR) is 103 cm³/mol. The van der Waals surface area contributed by atoms with Gasteiger partial charge in [0.1, 0.15) is 0 Å². The number of nitrogens with zero attached hydrogens (tertiary/aromatic N) is 2. The molecule has 0 aliphatic rings. The summed E-state index contributed by atoms with van der Waals surface area (Å²) < 4.78 is 4.69. The van der Waals surface area contributed by atoms with Gasteiger partial charge in [0.2, 0.25) is 0 Å². The summed E-state index contributed by atoms with van der Waals surface area (Å²) in [6.07, 6.45) is 1.59. The third kappa shape index (κ3) is 4.61. The molecule has 0 amide bonds. The Morgan fingerprint density at radius 2 is 1.73 bits per heavy atom. The topological polar surface area (TPSA) is 76.1 Å². The van der Waals surface area contributed by atoms with Crippen LogP contribution in [-0.4, -0.2) is 23.0 Å². The molecule has 0 unspecified atom stereocenters. The van der Waals surface area contributed by atoms with Gasteiger partial charge in [-0.05, 0) is 49.2 Å². The summed E-state index contributed by atoms with van der Waals surface area (Å²) >= 11 is 5.91. The minimum Gasteiger partial charge on any atom is -0.469 e. The minimum absolute atomic E-state index is 0.229. The molecule has 0 atom stereocenters. The van der Waals surface area contributed by atoms with E-state index in [1.807, 2.05) is 36.4 Å². The number of halogens is 1. The molecule has 0 aliphatic heterocycles. The first-order valence-electron chi connectivity index (χ1n) is 8.26. The van der Waals surface area contributed by atoms with Crippen LogP contribution in [0.25, 0.3) is 11.0 Å². The van der Waals surface area contributed by atoms with Crippen molar-refractivity contribution in [3.05, 3.63) is 59.2 Å². The molecule has 6 nitrogen and oxygen atoms in total. The fourth-order valence-corrected chi connectivity index (χ4v) is 2.60. The quantitative estimate of drug-likeness (QED) is 0.479. The average molecular weight is 371 g/mol. The van der Waals surface area contributed by atoms with Gasteiger partial charge < -0.3 is 4.74 Å². The van der Waals surface area contributed by atoms with E-state index >= 15 is 0 Å². The van der Waals surface area contributed by atoms with E-state index in [4.69, 9.17) is 11.6 Å². The van der Waals surface area contributed by atoms with Gasteiger partial charge in [-0.3, -0.25) is 15.6 Å². The van der Waals surface area contributed by atoms with Gasteiger partial charge in [-0.25, -0.2) is 9.97 Å². The first kappa shape index (κ1) is 17.9. The zero-order chi connectivity index (χ0) is 18.4. The van der Waals surface area contributed by atoms with Gasteiger partial charge in [-0.2, -0.15) is 0 Å². The van der Waals surface area contributed by atoms with E-state index in [9.17, 15) is 4.79 Å². The molecular weight excluding hydrogens is 352 g/mol. The van der Waals surface area contributed by atoms with Crippen LogP contribution in [0.4, 0.5) is 11.5 Å². The van der Waals surface area contributed by atoms with E-state index in [0.29, 0.717) is 30.1 Å². The van der Waals surface area contributed by atoms with E-state index in [0.717, 1.165) is 22.4 Å². The van der Waals surface area contributed by atoms with Crippen molar-refractivity contribution in [2.45, 2.75) is 19.3 Å². The maximum Gasteiger partial charge on any atom is 0.305 e. The summed E-state index contributed by atoms with van der Waals surface area (Å²) in [5, 5.41) is 0.671. The fourth-order valence-electron chi connectivity index (χ4n) is 2.48. The second kappa shape index (κ2) is 8.49. The summed E-state index contributed by atoms with van der Waals surface area (Å²) in [4.78, 5) is 20.7. The highest BCUT2D eigenvalue weighted by atomic mass is 35.5. The lowest BCUT2D eigenvalue weighted by Crippen LogP contribution is -2.13. The molecule has 2 aromatic carbocycles. The van der Waals surface area contributed by atoms with E-state index in [1.54, 1.807) is 12.1 Å². The van der Waals surface area contributed by atoms with Crippen molar-refractivity contribution in [2.75, 3.05) is 18.0 Å². The van der Waals surface area contributed by atoms with Crippen molar-refractivity contribution in [1.29, 1.82) is 0 Å². The summed E-state index contributed by atoms with van der Waals surface area (Å²) in [7, 11) is 1.39. The number of methoxy groups -OCH3 is 1. The number of benzene rings is 2. The van der Waals surface area contributed by atoms with Crippen LogP contribution < -0.4 is 10.9 Å². The Morgan fingerprint density at radius 1 is 1.04 bits per heavy atom. The van der Waals surface area contributed by atoms with Crippen molar-refractivity contribution >= 4 is 40.1 Å². The number of ether oxygens (including phenoxy) is 1. The molecule has 3 aromatic rings. The zero-order valence-electron chi connectivity index (χ0n) is 14.3. The van der Waals surface area contributed by atoms with Gasteiger partial charge in [-0.15, -0.1) is 0 Å². The van der Waals surface area contributed by atoms with Gasteiger partial charge in [0.15, 0.2) is 5.82 Å². The highest BCUT2D eigenvalue weighted by Gasteiger charge is 2.10. The molecule has 0 aliphatic carbocycles. The lowest BCUT2D eigenvalue weighted by Gasteiger charge is -2.13. The average Bonchev–Trinajstić information content (AvgIpc) is 2.67. The highest BCUT2D eigenvalue weighted by molar-refractivity contribution is 6.30. The molecule has 26 heavy (non-hydrogen) atoms. The van der Waals surface area contributed by atoms with Gasteiger partial charge in [0, 0.05) is 11.4 Å². The molecule has 0 saturated carbocycles. The number of carbonyl (C=O) groups is 1. The van der Waals surface area contributed by atoms with E-state index in [-0.39, 0.29) is 5.97 Å². The van der Waals surface area contributed by atoms with Gasteiger partial charge in [-0.1, -0.05) is 23.7 Å². The van der Waals surface area contributed by atoms with Crippen LogP contribution in [0.2, 0.25) is 5.02 Å². The van der Waals surface area contributed by atoms with Crippen molar-refractivity contribution in [3.63, 3.8) is 0 Å². The standard InChI is InChI=1S/C19H19ClN4O2/c1-26-18(25)8-4-7-17-19(22-16-6-3-2-5-15(16)21-17)24-23-14-11-9-13(20)10-12-14/h2-3,5-6,9-12,23H,4,7-8H2,1H3,(H,22,24). The number of fused-ring (bicyclic) bond motifs is 1. The number of rotatable bonds is 7. The molecule has 2 N–H and O–H groups in total. The number of hydrogen-bond acceptors (Lipinski definition) is 6. The third-order valence-electron chi connectivity index (χ3n) is 3.83. The number of hydrazine groups is 1. The van der Waals surface area contributed by atoms with Gasteiger partial charge in [0.05, 0.1) is 29.5 Å². The second-order valence-electron chi connectivity index (χ2n) is 5.69. The summed E-state index contributed by atoms with van der Waals surface area (Å²) in [5.41, 5.74) is 9.46. The molecule has 0 fully saturated rings. The van der Waals surface area contributed by atoms with Crippen LogP contribution in [0.5, 0.6) is 0 Å².